The molecule has 1 saturated carbocycles. The van der Waals surface area contributed by atoms with Crippen molar-refractivity contribution in [3.8, 4) is 0 Å². The molecular weight excluding hydrogens is 343 g/mol. The molecule has 0 radical (unpaired) electrons. The molecule has 1 fully saturated rings. The Morgan fingerprint density at radius 1 is 0.727 bits per heavy atom. The summed E-state index contributed by atoms with van der Waals surface area (Å²) >= 11 is 0. The molecule has 2 aromatic rings. The predicted molar refractivity (Wildman–Crippen MR) is 95.6 cm³/mol. The molecule has 0 aromatic heterocycles. The fraction of sp³-hybridized carbons (Fsp3) is 0.238. The van der Waals surface area contributed by atoms with Gasteiger partial charge in [0, 0.05) is 0 Å². The van der Waals surface area contributed by atoms with E-state index < -0.39 is 0 Å². The second-order valence-corrected chi connectivity index (χ2v) is 5.14. The summed E-state index contributed by atoms with van der Waals surface area (Å²) in [5, 5.41) is 0. The van der Waals surface area contributed by atoms with E-state index >= 15 is 0 Å². The van der Waals surface area contributed by atoms with Crippen LogP contribution in [-0.4, -0.2) is 0 Å². The van der Waals surface area contributed by atoms with Gasteiger partial charge in [-0.3, -0.25) is 0 Å². The van der Waals surface area contributed by atoms with E-state index in [1.807, 2.05) is 60.7 Å². The van der Waals surface area contributed by atoms with Gasteiger partial charge >= 0.3 is 26.2 Å². The predicted octanol–water partition coefficient (Wildman–Crippen LogP) is 6.34. The molecule has 116 valence electrons. The third-order valence-corrected chi connectivity index (χ3v) is 3.14. The van der Waals surface area contributed by atoms with Crippen molar-refractivity contribution in [3.05, 3.63) is 99.0 Å². The largest absolute Gasteiger partial charge is 4.00 e. The van der Waals surface area contributed by atoms with Crippen molar-refractivity contribution in [1.29, 1.82) is 0 Å². The molecule has 3 rings (SSSR count). The summed E-state index contributed by atoms with van der Waals surface area (Å²) in [4.78, 5) is 0. The molecule has 22 heavy (non-hydrogen) atoms. The van der Waals surface area contributed by atoms with Gasteiger partial charge in [-0.1, -0.05) is 25.0 Å². The Labute approximate surface area is 157 Å². The van der Waals surface area contributed by atoms with Crippen molar-refractivity contribution in [1.82, 2.24) is 0 Å². The Morgan fingerprint density at radius 2 is 1.05 bits per heavy atom. The first-order valence-corrected chi connectivity index (χ1v) is 7.24. The van der Waals surface area contributed by atoms with Crippen LogP contribution in [0.3, 0.4) is 0 Å². The molecule has 0 amide bonds. The van der Waals surface area contributed by atoms with E-state index in [9.17, 15) is 0 Å². The summed E-state index contributed by atoms with van der Waals surface area (Å²) in [5.74, 6) is 1.70. The van der Waals surface area contributed by atoms with Crippen LogP contribution in [0.1, 0.15) is 43.7 Å². The maximum atomic E-state index is 3.72. The summed E-state index contributed by atoms with van der Waals surface area (Å²) < 4.78 is 0. The van der Waals surface area contributed by atoms with E-state index in [4.69, 9.17) is 0 Å². The van der Waals surface area contributed by atoms with Gasteiger partial charge in [0.2, 0.25) is 0 Å². The van der Waals surface area contributed by atoms with Crippen molar-refractivity contribution in [2.45, 2.75) is 32.6 Å². The maximum absolute atomic E-state index is 3.72. The molecule has 1 heteroatoms. The van der Waals surface area contributed by atoms with Crippen molar-refractivity contribution in [3.63, 3.8) is 0 Å². The third kappa shape index (κ3) is 12.8. The average Bonchev–Trinajstić information content (AvgIpc) is 2.93. The Bertz CT molecular complexity index is 392. The first kappa shape index (κ1) is 23.3. The van der Waals surface area contributed by atoms with Crippen LogP contribution in [0.2, 0.25) is 0 Å². The minimum Gasteiger partial charge on any atom is -0.358 e. The summed E-state index contributed by atoms with van der Waals surface area (Å²) in [6.07, 6.45) is 5.71. The molecule has 0 spiro atoms. The van der Waals surface area contributed by atoms with Gasteiger partial charge in [0.15, 0.2) is 0 Å². The van der Waals surface area contributed by atoms with Crippen LogP contribution < -0.4 is 0 Å². The topological polar surface area (TPSA) is 0 Å². The van der Waals surface area contributed by atoms with Crippen molar-refractivity contribution < 1.29 is 26.2 Å². The Morgan fingerprint density at radius 3 is 1.18 bits per heavy atom. The van der Waals surface area contributed by atoms with Crippen LogP contribution >= 0.6 is 0 Å². The molecule has 0 nitrogen and oxygen atoms in total. The Balaban J connectivity index is 0. The van der Waals surface area contributed by atoms with Crippen LogP contribution in [0.15, 0.2) is 60.7 Å². The Hall–Kier alpha value is -0.937. The van der Waals surface area contributed by atoms with Crippen LogP contribution in [0.25, 0.3) is 0 Å². The van der Waals surface area contributed by atoms with Gasteiger partial charge in [0.05, 0.1) is 0 Å². The van der Waals surface area contributed by atoms with Crippen molar-refractivity contribution in [2.75, 3.05) is 0 Å². The summed E-state index contributed by atoms with van der Waals surface area (Å²) in [5.41, 5.74) is 2.14. The van der Waals surface area contributed by atoms with Crippen LogP contribution in [-0.2, 0) is 26.2 Å². The molecular formula is C21H28Zr. The molecule has 0 aliphatic heterocycles. The van der Waals surface area contributed by atoms with E-state index in [1.54, 1.807) is 5.92 Å². The molecule has 0 unspecified atom stereocenters. The quantitative estimate of drug-likeness (QED) is 0.474. The number of rotatable bonds is 0. The van der Waals surface area contributed by atoms with E-state index in [0.29, 0.717) is 0 Å². The van der Waals surface area contributed by atoms with Gasteiger partial charge in [-0.2, -0.15) is 69.0 Å². The smallest absolute Gasteiger partial charge is 0.358 e. The van der Waals surface area contributed by atoms with Gasteiger partial charge in [-0.25, -0.2) is 0 Å². The molecule has 0 atom stereocenters. The summed E-state index contributed by atoms with van der Waals surface area (Å²) in [6, 6.07) is 19.7. The molecule has 0 bridgehead atoms. The van der Waals surface area contributed by atoms with Gasteiger partial charge in [-0.05, 0) is 0 Å². The third-order valence-electron chi connectivity index (χ3n) is 3.14. The molecule has 0 saturated heterocycles. The molecule has 2 aromatic carbocycles. The summed E-state index contributed by atoms with van der Waals surface area (Å²) in [7, 11) is 0. The van der Waals surface area contributed by atoms with Crippen LogP contribution in [0.5, 0.6) is 0 Å². The van der Waals surface area contributed by atoms with Gasteiger partial charge in [-0.15, -0.1) is 24.3 Å². The zero-order valence-electron chi connectivity index (χ0n) is 14.0. The zero-order chi connectivity index (χ0) is 14.6. The SMILES string of the molecule is C[C-]1CCCC1.[CH2-]c1ccccc1.[CH2-]c1ccccc1.[CH3-].[Zr+4]. The van der Waals surface area contributed by atoms with Gasteiger partial charge in [0.25, 0.3) is 0 Å². The van der Waals surface area contributed by atoms with Crippen molar-refractivity contribution >= 4 is 0 Å². The summed E-state index contributed by atoms with van der Waals surface area (Å²) in [6.45, 7) is 9.70. The van der Waals surface area contributed by atoms with E-state index in [0.717, 1.165) is 11.1 Å². The molecule has 0 N–H and O–H groups in total. The normalized spacial score (nSPS) is 12.4. The minimum atomic E-state index is 0. The zero-order valence-corrected chi connectivity index (χ0v) is 16.5. The van der Waals surface area contributed by atoms with E-state index in [1.165, 1.54) is 25.7 Å². The average molecular weight is 372 g/mol. The van der Waals surface area contributed by atoms with Crippen molar-refractivity contribution in [2.24, 2.45) is 0 Å². The van der Waals surface area contributed by atoms with E-state index in [-0.39, 0.29) is 33.6 Å². The standard InChI is InChI=1S/2C7H7.C6H11.CH3.Zr/c2*1-7-5-3-2-4-6-7;1-6-4-2-3-5-6;;/h2*2-6H,1H2;2-5H2,1H3;1H3;/q4*-1;+4. The van der Waals surface area contributed by atoms with Gasteiger partial charge < -0.3 is 13.3 Å². The first-order chi connectivity index (χ1) is 9.68. The van der Waals surface area contributed by atoms with Crippen LogP contribution in [0.4, 0.5) is 0 Å². The molecule has 0 heterocycles. The van der Waals surface area contributed by atoms with E-state index in [2.05, 4.69) is 20.8 Å². The second-order valence-electron chi connectivity index (χ2n) is 5.14. The fourth-order valence-electron chi connectivity index (χ4n) is 1.93. The number of hydrogen-bond donors (Lipinski definition) is 0. The first-order valence-electron chi connectivity index (χ1n) is 7.24. The number of hydrogen-bond acceptors (Lipinski definition) is 0. The van der Waals surface area contributed by atoms with Gasteiger partial charge in [0.1, 0.15) is 0 Å². The monoisotopic (exact) mass is 370 g/mol. The number of benzene rings is 2. The maximum Gasteiger partial charge on any atom is 4.00 e. The molecule has 1 aliphatic rings. The Kier molecular flexibility index (Phi) is 15.9. The molecule has 1 aliphatic carbocycles. The minimum absolute atomic E-state index is 0. The second kappa shape index (κ2) is 15.0. The fourth-order valence-corrected chi connectivity index (χ4v) is 1.93. The van der Waals surface area contributed by atoms with Crippen LogP contribution in [0, 0.1) is 27.2 Å².